The van der Waals surface area contributed by atoms with E-state index in [2.05, 4.69) is 84.4 Å². The number of unbranched alkanes of at least 4 members (excludes halogenated alkanes) is 1. The average molecular weight is 496 g/mol. The number of hydrogen-bond donors (Lipinski definition) is 2. The second-order valence-electron chi connectivity index (χ2n) is 9.56. The Hall–Kier alpha value is -2.38. The van der Waals surface area contributed by atoms with Crippen molar-refractivity contribution in [2.75, 3.05) is 25.7 Å². The van der Waals surface area contributed by atoms with Gasteiger partial charge >= 0.3 is 0 Å². The molecule has 4 rings (SSSR count). The number of imidazole rings is 1. The van der Waals surface area contributed by atoms with Crippen LogP contribution in [0, 0.1) is 13.8 Å². The van der Waals surface area contributed by atoms with E-state index in [-0.39, 0.29) is 0 Å². The summed E-state index contributed by atoms with van der Waals surface area (Å²) in [7, 11) is 1.75. The highest BCUT2D eigenvalue weighted by atomic mass is 35.5. The first-order valence-electron chi connectivity index (χ1n) is 12.6. The molecule has 2 heterocycles. The smallest absolute Gasteiger partial charge is 0.152 e. The van der Waals surface area contributed by atoms with Gasteiger partial charge in [-0.3, -0.25) is 4.90 Å². The molecular formula is C28H38ClN5O. The molecule has 0 amide bonds. The minimum absolute atomic E-state index is 0.294. The molecule has 3 aromatic rings. The number of rotatable bonds is 11. The van der Waals surface area contributed by atoms with Crippen LogP contribution in [0.4, 0.5) is 5.69 Å². The van der Waals surface area contributed by atoms with Crippen molar-refractivity contribution >= 4 is 17.3 Å². The molecule has 0 radical (unpaired) electrons. The van der Waals surface area contributed by atoms with Crippen LogP contribution >= 0.6 is 11.6 Å². The molecule has 1 atom stereocenters. The summed E-state index contributed by atoms with van der Waals surface area (Å²) in [5, 5.41) is 0.595. The summed E-state index contributed by atoms with van der Waals surface area (Å²) in [5.41, 5.74) is 15.0. The first kappa shape index (κ1) is 25.7. The number of fused-ring (bicyclic) bond motifs is 1. The van der Waals surface area contributed by atoms with Crippen LogP contribution in [0.2, 0.25) is 5.15 Å². The Balaban J connectivity index is 1.67. The SMILES string of the molecule is CCCCn1c(-c2c(C)cccc2C)nc(Cl)c1CN(CCOC)Cc1ccc2c(c1)C(C)NN2. The van der Waals surface area contributed by atoms with Crippen molar-refractivity contribution in [3.8, 4) is 11.4 Å². The molecule has 0 saturated heterocycles. The van der Waals surface area contributed by atoms with E-state index >= 15 is 0 Å². The molecule has 0 bridgehead atoms. The van der Waals surface area contributed by atoms with Crippen molar-refractivity contribution < 1.29 is 4.74 Å². The highest BCUT2D eigenvalue weighted by molar-refractivity contribution is 6.30. The van der Waals surface area contributed by atoms with Gasteiger partial charge in [0, 0.05) is 38.9 Å². The first-order chi connectivity index (χ1) is 16.9. The van der Waals surface area contributed by atoms with Crippen LogP contribution in [0.1, 0.15) is 60.7 Å². The normalized spacial score (nSPS) is 15.0. The number of halogens is 1. The van der Waals surface area contributed by atoms with Crippen LogP contribution in [0.3, 0.4) is 0 Å². The van der Waals surface area contributed by atoms with Gasteiger partial charge in [-0.1, -0.05) is 55.3 Å². The lowest BCUT2D eigenvalue weighted by molar-refractivity contribution is 0.138. The van der Waals surface area contributed by atoms with E-state index in [9.17, 15) is 0 Å². The van der Waals surface area contributed by atoms with Crippen molar-refractivity contribution in [2.24, 2.45) is 0 Å². The summed E-state index contributed by atoms with van der Waals surface area (Å²) in [6.07, 6.45) is 2.20. The maximum atomic E-state index is 6.85. The zero-order valence-electron chi connectivity index (χ0n) is 21.6. The third-order valence-electron chi connectivity index (χ3n) is 6.86. The summed E-state index contributed by atoms with van der Waals surface area (Å²) >= 11 is 6.85. The number of nitrogens with one attached hydrogen (secondary N) is 2. The second-order valence-corrected chi connectivity index (χ2v) is 9.92. The molecule has 35 heavy (non-hydrogen) atoms. The topological polar surface area (TPSA) is 54.4 Å². The molecule has 1 aliphatic heterocycles. The van der Waals surface area contributed by atoms with Crippen molar-refractivity contribution in [1.29, 1.82) is 0 Å². The van der Waals surface area contributed by atoms with Crippen molar-refractivity contribution in [3.63, 3.8) is 0 Å². The number of hydrazine groups is 1. The summed E-state index contributed by atoms with van der Waals surface area (Å²) in [6.45, 7) is 12.6. The predicted molar refractivity (Wildman–Crippen MR) is 145 cm³/mol. The highest BCUT2D eigenvalue weighted by Gasteiger charge is 2.23. The fourth-order valence-electron chi connectivity index (χ4n) is 4.87. The van der Waals surface area contributed by atoms with Gasteiger partial charge in [0.05, 0.1) is 24.0 Å². The van der Waals surface area contributed by atoms with Gasteiger partial charge in [-0.05, 0) is 55.5 Å². The number of hydrogen-bond acceptors (Lipinski definition) is 5. The molecule has 2 N–H and O–H groups in total. The first-order valence-corrected chi connectivity index (χ1v) is 13.0. The van der Waals surface area contributed by atoms with Gasteiger partial charge in [0.1, 0.15) is 5.82 Å². The van der Waals surface area contributed by atoms with Gasteiger partial charge < -0.3 is 14.7 Å². The van der Waals surface area contributed by atoms with Crippen LogP contribution in [0.25, 0.3) is 11.4 Å². The maximum Gasteiger partial charge on any atom is 0.152 e. The third-order valence-corrected chi connectivity index (χ3v) is 7.16. The monoisotopic (exact) mass is 495 g/mol. The van der Waals surface area contributed by atoms with E-state index in [0.717, 1.165) is 49.7 Å². The van der Waals surface area contributed by atoms with Crippen LogP contribution in [-0.4, -0.2) is 34.7 Å². The zero-order valence-corrected chi connectivity index (χ0v) is 22.4. The fourth-order valence-corrected chi connectivity index (χ4v) is 5.12. The number of nitrogens with zero attached hydrogens (tertiary/aromatic N) is 3. The highest BCUT2D eigenvalue weighted by Crippen LogP contribution is 2.33. The largest absolute Gasteiger partial charge is 0.383 e. The molecular weight excluding hydrogens is 458 g/mol. The van der Waals surface area contributed by atoms with E-state index in [1.54, 1.807) is 7.11 Å². The molecule has 2 aromatic carbocycles. The van der Waals surface area contributed by atoms with E-state index in [1.807, 2.05) is 0 Å². The Kier molecular flexibility index (Phi) is 8.50. The Bertz CT molecular complexity index is 1140. The van der Waals surface area contributed by atoms with Gasteiger partial charge in [0.25, 0.3) is 0 Å². The van der Waals surface area contributed by atoms with Crippen LogP contribution in [0.15, 0.2) is 36.4 Å². The maximum absolute atomic E-state index is 6.85. The zero-order chi connectivity index (χ0) is 24.9. The van der Waals surface area contributed by atoms with Crippen LogP contribution in [0.5, 0.6) is 0 Å². The lowest BCUT2D eigenvalue weighted by Gasteiger charge is -2.24. The molecule has 1 aromatic heterocycles. The number of benzene rings is 2. The van der Waals surface area contributed by atoms with Gasteiger partial charge in [-0.25, -0.2) is 10.4 Å². The Morgan fingerprint density at radius 1 is 1.14 bits per heavy atom. The summed E-state index contributed by atoms with van der Waals surface area (Å²) in [6, 6.07) is 13.4. The minimum Gasteiger partial charge on any atom is -0.383 e. The fraction of sp³-hybridized carbons (Fsp3) is 0.464. The molecule has 188 valence electrons. The number of methoxy groups -OCH3 is 1. The van der Waals surface area contributed by atoms with Gasteiger partial charge in [-0.15, -0.1) is 0 Å². The van der Waals surface area contributed by atoms with E-state index in [4.69, 9.17) is 21.3 Å². The van der Waals surface area contributed by atoms with Crippen molar-refractivity contribution in [3.05, 3.63) is 69.5 Å². The Labute approximate surface area is 214 Å². The van der Waals surface area contributed by atoms with Crippen molar-refractivity contribution in [1.82, 2.24) is 19.9 Å². The quantitative estimate of drug-likeness (QED) is 0.329. The summed E-state index contributed by atoms with van der Waals surface area (Å²) in [5.74, 6) is 0.976. The van der Waals surface area contributed by atoms with E-state index in [0.29, 0.717) is 24.3 Å². The molecule has 6 nitrogen and oxygen atoms in total. The van der Waals surface area contributed by atoms with Gasteiger partial charge in [-0.2, -0.15) is 0 Å². The molecule has 1 unspecified atom stereocenters. The van der Waals surface area contributed by atoms with E-state index in [1.165, 1.54) is 27.8 Å². The Morgan fingerprint density at radius 3 is 2.63 bits per heavy atom. The second kappa shape index (κ2) is 11.6. The predicted octanol–water partition coefficient (Wildman–Crippen LogP) is 6.26. The number of ether oxygens (including phenoxy) is 1. The van der Waals surface area contributed by atoms with Crippen LogP contribution in [-0.2, 0) is 24.4 Å². The number of aromatic nitrogens is 2. The minimum atomic E-state index is 0.294. The van der Waals surface area contributed by atoms with Crippen molar-refractivity contribution in [2.45, 2.75) is 66.2 Å². The number of aryl methyl sites for hydroxylation is 2. The molecule has 0 spiro atoms. The van der Waals surface area contributed by atoms with Crippen LogP contribution < -0.4 is 10.9 Å². The molecule has 7 heteroatoms. The van der Waals surface area contributed by atoms with Gasteiger partial charge in [0.15, 0.2) is 5.15 Å². The standard InChI is InChI=1S/C28H38ClN5O/c1-6-7-13-34-25(27(29)30-28(34)26-19(2)9-8-10-20(26)3)18-33(14-15-35-5)17-22-11-12-24-23(16-22)21(4)31-32-24/h8-12,16,21,31-32H,6-7,13-15,17-18H2,1-5H3. The summed E-state index contributed by atoms with van der Waals surface area (Å²) in [4.78, 5) is 7.32. The van der Waals surface area contributed by atoms with Gasteiger partial charge in [0.2, 0.25) is 0 Å². The van der Waals surface area contributed by atoms with E-state index < -0.39 is 0 Å². The lowest BCUT2D eigenvalue weighted by atomic mass is 10.0. The molecule has 0 aliphatic carbocycles. The molecule has 0 fully saturated rings. The number of anilines is 1. The summed E-state index contributed by atoms with van der Waals surface area (Å²) < 4.78 is 7.80. The molecule has 1 aliphatic rings. The average Bonchev–Trinajstić information content (AvgIpc) is 3.35. The third kappa shape index (κ3) is 5.72. The lowest BCUT2D eigenvalue weighted by Crippen LogP contribution is -2.28. The molecule has 0 saturated carbocycles. The Morgan fingerprint density at radius 2 is 1.91 bits per heavy atom.